The third-order valence-corrected chi connectivity index (χ3v) is 10.2. The highest BCUT2D eigenvalue weighted by molar-refractivity contribution is 5.99. The number of rotatable bonds is 7. The van der Waals surface area contributed by atoms with E-state index in [-0.39, 0.29) is 24.8 Å². The number of likely N-dealkylation sites (tertiary alicyclic amines) is 1. The van der Waals surface area contributed by atoms with Gasteiger partial charge in [0.2, 0.25) is 17.7 Å². The number of morpholine rings is 1. The van der Waals surface area contributed by atoms with Gasteiger partial charge in [-0.2, -0.15) is 0 Å². The lowest BCUT2D eigenvalue weighted by atomic mass is 9.77. The number of allylic oxidation sites excluding steroid dienone is 1. The summed E-state index contributed by atoms with van der Waals surface area (Å²) < 4.78 is 18.5. The topological polar surface area (TPSA) is 138 Å². The van der Waals surface area contributed by atoms with Gasteiger partial charge in [0.15, 0.2) is 0 Å². The highest BCUT2D eigenvalue weighted by Crippen LogP contribution is 2.54. The average molecular weight is 651 g/mol. The zero-order valence-electron chi connectivity index (χ0n) is 27.2. The molecule has 5 heterocycles. The molecule has 0 saturated carbocycles. The Bertz CT molecular complexity index is 1380. The van der Waals surface area contributed by atoms with Crippen LogP contribution in [-0.4, -0.2) is 126 Å². The summed E-state index contributed by atoms with van der Waals surface area (Å²) in [5, 5.41) is 13.4. The van der Waals surface area contributed by atoms with Gasteiger partial charge >= 0.3 is 5.97 Å². The van der Waals surface area contributed by atoms with Crippen LogP contribution in [0.1, 0.15) is 44.8 Å². The smallest absolute Gasteiger partial charge is 0.313 e. The fourth-order valence-corrected chi connectivity index (χ4v) is 7.79. The molecule has 5 aliphatic rings. The fourth-order valence-electron chi connectivity index (χ4n) is 7.79. The predicted octanol–water partition coefficient (Wildman–Crippen LogP) is 1.21. The molecule has 5 aliphatic heterocycles. The SMILES string of the molecule is CC[C@@H](CO)N1C(=O)[C@@H]2[C@H]3C(=O)O[C@H](c4ccccc4)[C@@H](C)NC(=O)CC/C=C\[C@H]3O[C@@]23C=CCN(CCN2CCOCC2)C(=O)[C@@H]13. The van der Waals surface area contributed by atoms with Crippen molar-refractivity contribution in [3.8, 4) is 0 Å². The summed E-state index contributed by atoms with van der Waals surface area (Å²) in [4.78, 5) is 61.8. The van der Waals surface area contributed by atoms with Crippen LogP contribution in [0.3, 0.4) is 0 Å². The van der Waals surface area contributed by atoms with Crippen LogP contribution in [0.2, 0.25) is 0 Å². The number of nitrogens with one attached hydrogen (secondary N) is 1. The number of carbonyl (C=O) groups excluding carboxylic acids is 4. The fraction of sp³-hybridized carbons (Fsp3) is 0.600. The van der Waals surface area contributed by atoms with Crippen molar-refractivity contribution in [1.82, 2.24) is 20.0 Å². The van der Waals surface area contributed by atoms with Crippen LogP contribution < -0.4 is 5.32 Å². The number of hydrogen-bond donors (Lipinski definition) is 2. The first-order valence-corrected chi connectivity index (χ1v) is 16.9. The first-order chi connectivity index (χ1) is 22.8. The van der Waals surface area contributed by atoms with Crippen LogP contribution in [0.5, 0.6) is 0 Å². The maximum Gasteiger partial charge on any atom is 0.313 e. The van der Waals surface area contributed by atoms with E-state index in [4.69, 9.17) is 14.2 Å². The van der Waals surface area contributed by atoms with Crippen molar-refractivity contribution in [3.63, 3.8) is 0 Å². The van der Waals surface area contributed by atoms with Crippen LogP contribution in [0, 0.1) is 11.8 Å². The largest absolute Gasteiger partial charge is 0.455 e. The van der Waals surface area contributed by atoms with Crippen molar-refractivity contribution >= 4 is 23.7 Å². The van der Waals surface area contributed by atoms with Crippen LogP contribution in [0.15, 0.2) is 54.6 Å². The summed E-state index contributed by atoms with van der Waals surface area (Å²) >= 11 is 0. The maximum absolute atomic E-state index is 14.6. The first-order valence-electron chi connectivity index (χ1n) is 16.9. The summed E-state index contributed by atoms with van der Waals surface area (Å²) in [6, 6.07) is 6.94. The Morgan fingerprint density at radius 2 is 1.81 bits per heavy atom. The molecule has 1 aromatic rings. The lowest BCUT2D eigenvalue weighted by Gasteiger charge is -2.38. The van der Waals surface area contributed by atoms with Crippen molar-refractivity contribution in [3.05, 3.63) is 60.2 Å². The Morgan fingerprint density at radius 1 is 1.04 bits per heavy atom. The van der Waals surface area contributed by atoms with E-state index in [0.29, 0.717) is 51.3 Å². The van der Waals surface area contributed by atoms with Crippen molar-refractivity contribution in [2.75, 3.05) is 52.5 Å². The van der Waals surface area contributed by atoms with E-state index < -0.39 is 59.6 Å². The second kappa shape index (κ2) is 14.3. The second-order valence-electron chi connectivity index (χ2n) is 13.1. The zero-order valence-corrected chi connectivity index (χ0v) is 27.2. The number of benzene rings is 1. The molecule has 47 heavy (non-hydrogen) atoms. The van der Waals surface area contributed by atoms with Gasteiger partial charge in [0, 0.05) is 39.1 Å². The molecule has 0 aliphatic carbocycles. The molecule has 3 amide bonds. The van der Waals surface area contributed by atoms with Gasteiger partial charge in [-0.1, -0.05) is 61.6 Å². The molecule has 12 heteroatoms. The minimum atomic E-state index is -1.45. The minimum absolute atomic E-state index is 0.172. The predicted molar refractivity (Wildman–Crippen MR) is 171 cm³/mol. The lowest BCUT2D eigenvalue weighted by molar-refractivity contribution is -0.162. The molecule has 254 valence electrons. The summed E-state index contributed by atoms with van der Waals surface area (Å²) in [5.74, 6) is -3.61. The van der Waals surface area contributed by atoms with Crippen LogP contribution in [-0.2, 0) is 33.4 Å². The molecular weight excluding hydrogens is 604 g/mol. The van der Waals surface area contributed by atoms with E-state index >= 15 is 0 Å². The standard InChI is InChI=1S/C35H46N4O8/c1-3-25(22-40)39-31-33(43)38(17-16-37-18-20-45-21-19-37)15-9-14-35(31)29(32(39)42)28-26(47-35)12-7-8-13-27(41)36-23(2)30(46-34(28)44)24-10-5-4-6-11-24/h4-7,9-12,14,23,25-26,28-31,40H,3,8,13,15-22H2,1-2H3,(H,36,41)/b12-7-/t23-,25+,26-,28+,29+,30+,31-,35+/m1/s1. The summed E-state index contributed by atoms with van der Waals surface area (Å²) in [5.41, 5.74) is -0.749. The molecule has 2 N–H and O–H groups in total. The number of aliphatic hydroxyl groups is 1. The van der Waals surface area contributed by atoms with Gasteiger partial charge in [-0.3, -0.25) is 24.1 Å². The molecule has 0 unspecified atom stereocenters. The number of cyclic esters (lactones) is 1. The second-order valence-corrected chi connectivity index (χ2v) is 13.1. The van der Waals surface area contributed by atoms with E-state index in [0.717, 1.165) is 13.1 Å². The number of carbonyl (C=O) groups is 4. The molecular formula is C35H46N4O8. The van der Waals surface area contributed by atoms with E-state index in [1.165, 1.54) is 4.90 Å². The summed E-state index contributed by atoms with van der Waals surface area (Å²) in [6.07, 6.45) is 6.53. The maximum atomic E-state index is 14.6. The van der Waals surface area contributed by atoms with E-state index in [1.54, 1.807) is 30.1 Å². The monoisotopic (exact) mass is 650 g/mol. The quantitative estimate of drug-likeness (QED) is 0.330. The molecule has 1 spiro atoms. The number of fused-ring (bicyclic) bond motifs is 2. The number of esters is 1. The van der Waals surface area contributed by atoms with Crippen LogP contribution >= 0.6 is 0 Å². The highest BCUT2D eigenvalue weighted by atomic mass is 16.6. The van der Waals surface area contributed by atoms with E-state index in [2.05, 4.69) is 10.2 Å². The molecule has 6 rings (SSSR count). The first kappa shape index (κ1) is 33.3. The van der Waals surface area contributed by atoms with Gasteiger partial charge in [0.05, 0.1) is 43.9 Å². The number of amides is 3. The normalized spacial score (nSPS) is 34.7. The lowest BCUT2D eigenvalue weighted by Crippen LogP contribution is -2.58. The Kier molecular flexibility index (Phi) is 10.1. The minimum Gasteiger partial charge on any atom is -0.455 e. The molecule has 0 bridgehead atoms. The molecule has 3 saturated heterocycles. The summed E-state index contributed by atoms with van der Waals surface area (Å²) in [6.45, 7) is 7.60. The van der Waals surface area contributed by atoms with Crippen molar-refractivity contribution in [1.29, 1.82) is 0 Å². The van der Waals surface area contributed by atoms with Crippen molar-refractivity contribution < 1.29 is 38.5 Å². The van der Waals surface area contributed by atoms with E-state index in [1.807, 2.05) is 43.3 Å². The van der Waals surface area contributed by atoms with Crippen molar-refractivity contribution in [2.45, 2.75) is 69.0 Å². The molecule has 0 radical (unpaired) electrons. The van der Waals surface area contributed by atoms with Gasteiger partial charge in [0.25, 0.3) is 0 Å². The Labute approximate surface area is 275 Å². The van der Waals surface area contributed by atoms with Crippen LogP contribution in [0.4, 0.5) is 0 Å². The van der Waals surface area contributed by atoms with Gasteiger partial charge in [-0.25, -0.2) is 0 Å². The molecule has 0 aromatic heterocycles. The average Bonchev–Trinajstić information content (AvgIpc) is 3.47. The van der Waals surface area contributed by atoms with Gasteiger partial charge < -0.3 is 34.4 Å². The third kappa shape index (κ3) is 6.36. The Balaban J connectivity index is 1.38. The Morgan fingerprint density at radius 3 is 2.53 bits per heavy atom. The molecule has 12 nitrogen and oxygen atoms in total. The molecule has 8 atom stereocenters. The Hall–Kier alpha value is -3.58. The molecule has 1 aromatic carbocycles. The van der Waals surface area contributed by atoms with Crippen molar-refractivity contribution in [2.24, 2.45) is 11.8 Å². The van der Waals surface area contributed by atoms with Gasteiger partial charge in [-0.05, 0) is 25.3 Å². The number of nitrogens with zero attached hydrogens (tertiary/aromatic N) is 3. The third-order valence-electron chi connectivity index (χ3n) is 10.2. The van der Waals surface area contributed by atoms with E-state index in [9.17, 15) is 24.3 Å². The number of ether oxygens (including phenoxy) is 3. The van der Waals surface area contributed by atoms with Crippen LogP contribution in [0.25, 0.3) is 0 Å². The molecule has 3 fully saturated rings. The zero-order chi connectivity index (χ0) is 33.1. The summed E-state index contributed by atoms with van der Waals surface area (Å²) in [7, 11) is 0. The number of aliphatic hydroxyl groups excluding tert-OH is 1. The van der Waals surface area contributed by atoms with Gasteiger partial charge in [-0.15, -0.1) is 0 Å². The number of hydrogen-bond acceptors (Lipinski definition) is 9. The highest BCUT2D eigenvalue weighted by Gasteiger charge is 2.72. The van der Waals surface area contributed by atoms with Gasteiger partial charge in [0.1, 0.15) is 23.7 Å².